The van der Waals surface area contributed by atoms with Crippen molar-refractivity contribution in [2.75, 3.05) is 26.4 Å². The van der Waals surface area contributed by atoms with Crippen LogP contribution in [0.4, 0.5) is 0 Å². The van der Waals surface area contributed by atoms with E-state index in [1.165, 1.54) is 83.5 Å². The lowest BCUT2D eigenvalue weighted by molar-refractivity contribution is -0.147. The number of unbranched alkanes of at least 4 members (excludes halogenated alkanes) is 17. The SMILES string of the molecule is CCCCC/C=C\C/C=C\C/C=C\C/C=C\CCCCCC(=O)OC[C@H](COP(=O)(O)OCCN)O/C=C\CCCCCC/C=C\CCCCCCCC. The molecule has 3 N–H and O–H groups in total. The second-order valence-corrected chi connectivity index (χ2v) is 15.4. The van der Waals surface area contributed by atoms with Crippen LogP contribution in [0.15, 0.2) is 73.1 Å². The maximum absolute atomic E-state index is 12.4. The molecule has 0 aromatic carbocycles. The Morgan fingerprint density at radius 3 is 1.54 bits per heavy atom. The highest BCUT2D eigenvalue weighted by Crippen LogP contribution is 2.43. The standard InChI is InChI=1S/C45H80NO7P/c1-3-5-7-9-11-13-15-17-19-21-22-23-24-26-28-30-32-34-36-38-45(47)51-42-44(43-53-54(48,49)52-41-39-46)50-40-37-35-33-31-29-27-25-20-18-16-14-12-10-8-6-4-2/h11,13,17-20,22-23,26,28,37,40,44H,3-10,12,14-16,21,24-25,27,29-36,38-39,41-43,46H2,1-2H3,(H,48,49)/b13-11-,19-17-,20-18-,23-22-,28-26-,40-37-/t44-/m1/s1. The van der Waals surface area contributed by atoms with Crippen molar-refractivity contribution in [1.82, 2.24) is 0 Å². The minimum atomic E-state index is -4.28. The number of esters is 1. The lowest BCUT2D eigenvalue weighted by Gasteiger charge is -2.19. The number of ether oxygens (including phenoxy) is 2. The van der Waals surface area contributed by atoms with E-state index in [-0.39, 0.29) is 32.3 Å². The Bertz CT molecular complexity index is 1050. The lowest BCUT2D eigenvalue weighted by Crippen LogP contribution is -2.25. The van der Waals surface area contributed by atoms with Gasteiger partial charge < -0.3 is 20.1 Å². The third kappa shape index (κ3) is 41.0. The Labute approximate surface area is 331 Å². The maximum Gasteiger partial charge on any atom is 0.472 e. The van der Waals surface area contributed by atoms with Gasteiger partial charge in [0, 0.05) is 13.0 Å². The minimum absolute atomic E-state index is 0.0886. The van der Waals surface area contributed by atoms with Gasteiger partial charge in [-0.2, -0.15) is 0 Å². The van der Waals surface area contributed by atoms with Gasteiger partial charge in [0.2, 0.25) is 0 Å². The summed E-state index contributed by atoms with van der Waals surface area (Å²) in [6, 6.07) is 0. The fourth-order valence-electron chi connectivity index (χ4n) is 5.43. The van der Waals surface area contributed by atoms with Gasteiger partial charge in [-0.05, 0) is 96.0 Å². The highest BCUT2D eigenvalue weighted by Gasteiger charge is 2.24. The van der Waals surface area contributed by atoms with E-state index in [1.54, 1.807) is 6.26 Å². The summed E-state index contributed by atoms with van der Waals surface area (Å²) in [5, 5.41) is 0. The Balaban J connectivity index is 4.19. The molecule has 0 aromatic heterocycles. The molecule has 0 amide bonds. The van der Waals surface area contributed by atoms with Crippen LogP contribution < -0.4 is 5.73 Å². The number of allylic oxidation sites excluding steroid dienone is 11. The van der Waals surface area contributed by atoms with E-state index in [0.29, 0.717) is 6.42 Å². The minimum Gasteiger partial charge on any atom is -0.492 e. The predicted octanol–water partition coefficient (Wildman–Crippen LogP) is 13.1. The largest absolute Gasteiger partial charge is 0.492 e. The molecule has 0 saturated carbocycles. The van der Waals surface area contributed by atoms with Crippen LogP contribution in [0.5, 0.6) is 0 Å². The van der Waals surface area contributed by atoms with Gasteiger partial charge in [0.1, 0.15) is 6.61 Å². The summed E-state index contributed by atoms with van der Waals surface area (Å²) < 4.78 is 33.1. The van der Waals surface area contributed by atoms with Crippen LogP contribution in [0.1, 0.15) is 174 Å². The second-order valence-electron chi connectivity index (χ2n) is 13.9. The zero-order valence-corrected chi connectivity index (χ0v) is 35.3. The molecule has 0 aliphatic rings. The van der Waals surface area contributed by atoms with Crippen molar-refractivity contribution in [1.29, 1.82) is 0 Å². The lowest BCUT2D eigenvalue weighted by atomic mass is 10.1. The normalized spacial score (nSPS) is 14.1. The van der Waals surface area contributed by atoms with Gasteiger partial charge in [0.15, 0.2) is 6.10 Å². The second kappa shape index (κ2) is 41.9. The van der Waals surface area contributed by atoms with E-state index in [9.17, 15) is 14.3 Å². The van der Waals surface area contributed by atoms with Crippen LogP contribution in [0.2, 0.25) is 0 Å². The van der Waals surface area contributed by atoms with Gasteiger partial charge in [0.25, 0.3) is 0 Å². The van der Waals surface area contributed by atoms with E-state index in [0.717, 1.165) is 70.6 Å². The number of rotatable bonds is 40. The van der Waals surface area contributed by atoms with Gasteiger partial charge in [-0.3, -0.25) is 13.8 Å². The van der Waals surface area contributed by atoms with Crippen molar-refractivity contribution in [2.45, 2.75) is 180 Å². The molecule has 0 aromatic rings. The van der Waals surface area contributed by atoms with Gasteiger partial charge >= 0.3 is 13.8 Å². The summed E-state index contributed by atoms with van der Waals surface area (Å²) in [6.07, 6.45) is 53.0. The first-order valence-electron chi connectivity index (χ1n) is 21.5. The van der Waals surface area contributed by atoms with Crippen molar-refractivity contribution in [3.8, 4) is 0 Å². The van der Waals surface area contributed by atoms with E-state index < -0.39 is 13.9 Å². The van der Waals surface area contributed by atoms with Crippen LogP contribution >= 0.6 is 7.82 Å². The summed E-state index contributed by atoms with van der Waals surface area (Å²) in [7, 11) is -4.28. The van der Waals surface area contributed by atoms with Gasteiger partial charge in [-0.25, -0.2) is 4.57 Å². The zero-order chi connectivity index (χ0) is 39.5. The molecular formula is C45H80NO7P. The summed E-state index contributed by atoms with van der Waals surface area (Å²) in [4.78, 5) is 22.3. The van der Waals surface area contributed by atoms with E-state index in [4.69, 9.17) is 24.3 Å². The molecule has 0 saturated heterocycles. The van der Waals surface area contributed by atoms with Crippen LogP contribution in [0.25, 0.3) is 0 Å². The maximum atomic E-state index is 12.4. The molecule has 312 valence electrons. The molecule has 9 heteroatoms. The molecule has 0 radical (unpaired) electrons. The third-order valence-electron chi connectivity index (χ3n) is 8.69. The summed E-state index contributed by atoms with van der Waals surface area (Å²) >= 11 is 0. The highest BCUT2D eigenvalue weighted by atomic mass is 31.2. The van der Waals surface area contributed by atoms with Gasteiger partial charge in [0.05, 0.1) is 19.5 Å². The van der Waals surface area contributed by atoms with Gasteiger partial charge in [-0.15, -0.1) is 0 Å². The molecule has 0 aliphatic carbocycles. The molecule has 1 unspecified atom stereocenters. The molecular weight excluding hydrogens is 697 g/mol. The highest BCUT2D eigenvalue weighted by molar-refractivity contribution is 7.47. The first-order chi connectivity index (χ1) is 26.4. The molecule has 0 aliphatic heterocycles. The number of phosphoric acid groups is 1. The van der Waals surface area contributed by atoms with Crippen LogP contribution in [-0.4, -0.2) is 43.3 Å². The molecule has 0 bridgehead atoms. The fraction of sp³-hybridized carbons (Fsp3) is 0.711. The van der Waals surface area contributed by atoms with Crippen LogP contribution in [0.3, 0.4) is 0 Å². The van der Waals surface area contributed by atoms with E-state index >= 15 is 0 Å². The number of carbonyl (C=O) groups excluding carboxylic acids is 1. The molecule has 0 heterocycles. The quantitative estimate of drug-likeness (QED) is 0.0208. The number of carbonyl (C=O) groups is 1. The van der Waals surface area contributed by atoms with Crippen molar-refractivity contribution in [2.24, 2.45) is 5.73 Å². The molecule has 0 fully saturated rings. The van der Waals surface area contributed by atoms with Crippen molar-refractivity contribution >= 4 is 13.8 Å². The molecule has 2 atom stereocenters. The number of phosphoric ester groups is 1. The first kappa shape index (κ1) is 51.8. The number of nitrogens with two attached hydrogens (primary N) is 1. The Hall–Kier alpha value is -2.22. The predicted molar refractivity (Wildman–Crippen MR) is 228 cm³/mol. The van der Waals surface area contributed by atoms with Gasteiger partial charge in [-0.1, -0.05) is 139 Å². The Kier molecular flexibility index (Phi) is 40.2. The Morgan fingerprint density at radius 1 is 0.574 bits per heavy atom. The Morgan fingerprint density at radius 2 is 1.00 bits per heavy atom. The van der Waals surface area contributed by atoms with E-state index in [1.807, 2.05) is 6.08 Å². The number of hydrogen-bond donors (Lipinski definition) is 2. The topological polar surface area (TPSA) is 117 Å². The smallest absolute Gasteiger partial charge is 0.472 e. The monoisotopic (exact) mass is 778 g/mol. The fourth-order valence-corrected chi connectivity index (χ4v) is 6.19. The zero-order valence-electron chi connectivity index (χ0n) is 34.4. The number of hydrogen-bond acceptors (Lipinski definition) is 7. The summed E-state index contributed by atoms with van der Waals surface area (Å²) in [6.45, 7) is 4.12. The van der Waals surface area contributed by atoms with Crippen LogP contribution in [0, 0.1) is 0 Å². The molecule has 54 heavy (non-hydrogen) atoms. The van der Waals surface area contributed by atoms with Crippen LogP contribution in [-0.2, 0) is 27.9 Å². The molecule has 0 rings (SSSR count). The van der Waals surface area contributed by atoms with E-state index in [2.05, 4.69) is 74.6 Å². The van der Waals surface area contributed by atoms with Crippen molar-refractivity contribution in [3.05, 3.63) is 73.1 Å². The molecule has 8 nitrogen and oxygen atoms in total. The average Bonchev–Trinajstić information content (AvgIpc) is 3.16. The molecule has 0 spiro atoms. The third-order valence-corrected chi connectivity index (χ3v) is 9.67. The van der Waals surface area contributed by atoms with Crippen molar-refractivity contribution < 1.29 is 32.8 Å². The van der Waals surface area contributed by atoms with Crippen molar-refractivity contribution in [3.63, 3.8) is 0 Å². The summed E-state index contributed by atoms with van der Waals surface area (Å²) in [5.74, 6) is -0.325. The average molecular weight is 778 g/mol. The summed E-state index contributed by atoms with van der Waals surface area (Å²) in [5.41, 5.74) is 5.36. The first-order valence-corrected chi connectivity index (χ1v) is 23.0.